The number of nitrogens with two attached hydrogens (primary N) is 1. The highest BCUT2D eigenvalue weighted by Gasteiger charge is 2.15. The van der Waals surface area contributed by atoms with E-state index in [2.05, 4.69) is 15.4 Å². The normalized spacial score (nSPS) is 11.2. The van der Waals surface area contributed by atoms with Crippen molar-refractivity contribution < 1.29 is 9.90 Å². The zero-order chi connectivity index (χ0) is 10.8. The van der Waals surface area contributed by atoms with Crippen molar-refractivity contribution in [3.05, 3.63) is 29.5 Å². The van der Waals surface area contributed by atoms with Crippen molar-refractivity contribution >= 4 is 23.1 Å². The number of aromatic nitrogens is 3. The molecule has 0 aliphatic carbocycles. The molecule has 0 radical (unpaired) electrons. The quantitative estimate of drug-likeness (QED) is 0.663. The summed E-state index contributed by atoms with van der Waals surface area (Å²) >= 11 is 0. The topological polar surface area (TPSA) is 105 Å². The fourth-order valence-electron chi connectivity index (χ4n) is 1.40. The molecule has 6 heteroatoms. The van der Waals surface area contributed by atoms with Crippen molar-refractivity contribution in [1.82, 2.24) is 15.4 Å². The Kier molecular flexibility index (Phi) is 2.09. The van der Waals surface area contributed by atoms with Gasteiger partial charge in [0.05, 0.1) is 5.56 Å². The largest absolute Gasteiger partial charge is 0.478 e. The molecule has 1 aromatic heterocycles. The molecule has 1 aromatic carbocycles. The Labute approximate surface area is 84.4 Å². The summed E-state index contributed by atoms with van der Waals surface area (Å²) in [7, 11) is 0. The number of carbonyl (C=O) groups is 1. The number of hydrogen-bond donors (Lipinski definition) is 3. The lowest BCUT2D eigenvalue weighted by molar-refractivity contribution is 0.0698. The van der Waals surface area contributed by atoms with Gasteiger partial charge in [-0.2, -0.15) is 15.4 Å². The van der Waals surface area contributed by atoms with Gasteiger partial charge in [0.1, 0.15) is 11.0 Å². The highest BCUT2D eigenvalue weighted by atomic mass is 16.4. The Morgan fingerprint density at radius 3 is 2.93 bits per heavy atom. The Morgan fingerprint density at radius 2 is 2.27 bits per heavy atom. The number of carboxylic acid groups (broad SMARTS) is 1. The summed E-state index contributed by atoms with van der Waals surface area (Å²) < 4.78 is 0. The predicted molar refractivity (Wildman–Crippen MR) is 54.1 cm³/mol. The van der Waals surface area contributed by atoms with Gasteiger partial charge in [-0.3, -0.25) is 0 Å². The molecule has 0 saturated heterocycles. The highest BCUT2D eigenvalue weighted by Crippen LogP contribution is 2.19. The Balaban J connectivity index is 2.81. The first-order chi connectivity index (χ1) is 7.24. The molecule has 15 heavy (non-hydrogen) atoms. The molecule has 6 nitrogen and oxygen atoms in total. The molecule has 0 spiro atoms. The molecule has 0 aliphatic heterocycles. The smallest absolute Gasteiger partial charge is 0.338 e. The zero-order valence-corrected chi connectivity index (χ0v) is 7.64. The molecule has 0 aliphatic rings. The second kappa shape index (κ2) is 3.41. The van der Waals surface area contributed by atoms with Crippen LogP contribution in [0.25, 0.3) is 17.1 Å². The van der Waals surface area contributed by atoms with Crippen molar-refractivity contribution in [3.63, 3.8) is 0 Å². The fourth-order valence-corrected chi connectivity index (χ4v) is 1.40. The summed E-state index contributed by atoms with van der Waals surface area (Å²) in [5.41, 5.74) is 6.68. The van der Waals surface area contributed by atoms with Gasteiger partial charge in [-0.25, -0.2) is 4.79 Å². The number of aromatic carboxylic acids is 1. The second-order valence-corrected chi connectivity index (χ2v) is 2.89. The maximum Gasteiger partial charge on any atom is 0.338 e. The number of carboxylic acids is 1. The molecule has 1 heterocycles. The zero-order valence-electron chi connectivity index (χ0n) is 7.64. The molecular weight excluding hydrogens is 196 g/mol. The first-order valence-corrected chi connectivity index (χ1v) is 4.19. The summed E-state index contributed by atoms with van der Waals surface area (Å²) in [5, 5.41) is 19.0. The molecule has 2 rings (SSSR count). The van der Waals surface area contributed by atoms with E-state index < -0.39 is 5.97 Å². The Hall–Kier alpha value is -2.37. The minimum Gasteiger partial charge on any atom is -0.478 e. The van der Waals surface area contributed by atoms with Gasteiger partial charge in [0.2, 0.25) is 0 Å². The van der Waals surface area contributed by atoms with E-state index in [-0.39, 0.29) is 5.56 Å². The molecule has 0 unspecified atom stereocenters. The number of nitrogens with one attached hydrogen (secondary N) is 1. The third-order valence-electron chi connectivity index (χ3n) is 2.01. The van der Waals surface area contributed by atoms with Gasteiger partial charge in [-0.15, -0.1) is 0 Å². The lowest BCUT2D eigenvalue weighted by atomic mass is 10.1. The van der Waals surface area contributed by atoms with Crippen LogP contribution < -0.4 is 5.73 Å². The van der Waals surface area contributed by atoms with E-state index >= 15 is 0 Å². The van der Waals surface area contributed by atoms with E-state index in [4.69, 9.17) is 10.8 Å². The van der Waals surface area contributed by atoms with E-state index in [0.717, 1.165) is 0 Å². The minimum atomic E-state index is -1.05. The lowest BCUT2D eigenvalue weighted by Gasteiger charge is -2.00. The van der Waals surface area contributed by atoms with Gasteiger partial charge in [0, 0.05) is 0 Å². The van der Waals surface area contributed by atoms with E-state index in [9.17, 15) is 4.79 Å². The number of benzene rings is 1. The van der Waals surface area contributed by atoms with Crippen LogP contribution in [0.1, 0.15) is 15.9 Å². The fraction of sp³-hybridized carbons (Fsp3) is 0. The summed E-state index contributed by atoms with van der Waals surface area (Å²) in [5.74, 6) is -1.05. The second-order valence-electron chi connectivity index (χ2n) is 2.89. The van der Waals surface area contributed by atoms with Crippen LogP contribution in [0.2, 0.25) is 0 Å². The summed E-state index contributed by atoms with van der Waals surface area (Å²) in [4.78, 5) is 11.1. The predicted octanol–water partition coefficient (Wildman–Crippen LogP) is 0.586. The highest BCUT2D eigenvalue weighted by molar-refractivity contribution is 6.04. The van der Waals surface area contributed by atoms with Gasteiger partial charge in [0.15, 0.2) is 0 Å². The van der Waals surface area contributed by atoms with Crippen molar-refractivity contribution in [2.24, 2.45) is 5.73 Å². The summed E-state index contributed by atoms with van der Waals surface area (Å²) in [6.07, 6.45) is 2.80. The number of H-pyrrole nitrogens is 1. The molecule has 2 aromatic rings. The third-order valence-corrected chi connectivity index (χ3v) is 2.01. The van der Waals surface area contributed by atoms with Crippen LogP contribution in [0.5, 0.6) is 0 Å². The average Bonchev–Trinajstić information content (AvgIpc) is 2.64. The number of rotatable bonds is 2. The van der Waals surface area contributed by atoms with E-state index in [0.29, 0.717) is 16.6 Å². The maximum absolute atomic E-state index is 11.1. The standard InChI is InChI=1S/C9H8N4O2/c10-4-3-5-1-2-6-8(12-13-11-6)7(5)9(14)15/h1-4H,10H2,(H,14,15)(H,11,12,13). The monoisotopic (exact) mass is 204 g/mol. The first-order valence-electron chi connectivity index (χ1n) is 4.19. The van der Waals surface area contributed by atoms with Crippen LogP contribution in [0, 0.1) is 0 Å². The van der Waals surface area contributed by atoms with Gasteiger partial charge in [0.25, 0.3) is 0 Å². The number of hydrogen-bond acceptors (Lipinski definition) is 4. The van der Waals surface area contributed by atoms with Crippen LogP contribution >= 0.6 is 0 Å². The van der Waals surface area contributed by atoms with Crippen LogP contribution in [-0.2, 0) is 0 Å². The number of nitrogens with zero attached hydrogens (tertiary/aromatic N) is 2. The maximum atomic E-state index is 11.1. The third kappa shape index (κ3) is 1.41. The van der Waals surface area contributed by atoms with Crippen LogP contribution in [0.3, 0.4) is 0 Å². The summed E-state index contributed by atoms with van der Waals surface area (Å²) in [6.45, 7) is 0. The molecule has 0 fully saturated rings. The van der Waals surface area contributed by atoms with E-state index in [1.807, 2.05) is 0 Å². The van der Waals surface area contributed by atoms with Gasteiger partial charge >= 0.3 is 5.97 Å². The van der Waals surface area contributed by atoms with Gasteiger partial charge < -0.3 is 10.8 Å². The molecule has 0 atom stereocenters. The van der Waals surface area contributed by atoms with Crippen LogP contribution in [0.15, 0.2) is 18.3 Å². The van der Waals surface area contributed by atoms with Crippen molar-refractivity contribution in [1.29, 1.82) is 0 Å². The molecule has 4 N–H and O–H groups in total. The lowest BCUT2D eigenvalue weighted by Crippen LogP contribution is -2.01. The SMILES string of the molecule is NC=Cc1ccc2n[nH]nc2c1C(=O)O. The average molecular weight is 204 g/mol. The van der Waals surface area contributed by atoms with Crippen molar-refractivity contribution in [2.45, 2.75) is 0 Å². The first kappa shape index (κ1) is 9.20. The molecular formula is C9H8N4O2. The molecule has 0 bridgehead atoms. The Bertz CT molecular complexity index is 544. The van der Waals surface area contributed by atoms with Crippen LogP contribution in [0.4, 0.5) is 0 Å². The van der Waals surface area contributed by atoms with E-state index in [1.54, 1.807) is 12.1 Å². The number of aromatic amines is 1. The van der Waals surface area contributed by atoms with Crippen molar-refractivity contribution in [3.8, 4) is 0 Å². The minimum absolute atomic E-state index is 0.1000. The number of fused-ring (bicyclic) bond motifs is 1. The molecule has 0 amide bonds. The van der Waals surface area contributed by atoms with Crippen molar-refractivity contribution in [2.75, 3.05) is 0 Å². The Morgan fingerprint density at radius 1 is 1.47 bits per heavy atom. The molecule has 0 saturated carbocycles. The molecule has 76 valence electrons. The van der Waals surface area contributed by atoms with Crippen LogP contribution in [-0.4, -0.2) is 26.5 Å². The summed E-state index contributed by atoms with van der Waals surface area (Å²) in [6, 6.07) is 3.32. The van der Waals surface area contributed by atoms with Gasteiger partial charge in [-0.1, -0.05) is 6.07 Å². The van der Waals surface area contributed by atoms with E-state index in [1.165, 1.54) is 12.3 Å². The van der Waals surface area contributed by atoms with Gasteiger partial charge in [-0.05, 0) is 23.9 Å².